The van der Waals surface area contributed by atoms with Crippen LogP contribution in [0.15, 0.2) is 54.1 Å². The molecule has 0 spiro atoms. The smallest absolute Gasteiger partial charge is 0.273 e. The van der Waals surface area contributed by atoms with Crippen LogP contribution in [0.1, 0.15) is 43.4 Å². The lowest BCUT2D eigenvalue weighted by Gasteiger charge is -2.29. The molecular weight excluding hydrogens is 453 g/mol. The average Bonchev–Trinajstić information content (AvgIpc) is 3.36. The molecule has 0 saturated carbocycles. The number of fused-ring (bicyclic) bond motifs is 1. The third-order valence-electron chi connectivity index (χ3n) is 5.61. The summed E-state index contributed by atoms with van der Waals surface area (Å²) < 4.78 is 19.4. The number of carbonyl (C=O) groups is 2. The second kappa shape index (κ2) is 9.50. The van der Waals surface area contributed by atoms with E-state index >= 15 is 0 Å². The maximum absolute atomic E-state index is 13.4. The van der Waals surface area contributed by atoms with E-state index in [9.17, 15) is 14.0 Å². The minimum atomic E-state index is -0.964. The van der Waals surface area contributed by atoms with Gasteiger partial charge in [-0.05, 0) is 41.6 Å². The summed E-state index contributed by atoms with van der Waals surface area (Å²) in [6, 6.07) is 8.45. The van der Waals surface area contributed by atoms with Gasteiger partial charge in [0.05, 0.1) is 17.8 Å². The number of halogens is 1. The maximum atomic E-state index is 13.4. The van der Waals surface area contributed by atoms with Gasteiger partial charge >= 0.3 is 0 Å². The quantitative estimate of drug-likeness (QED) is 0.529. The monoisotopic (exact) mass is 481 g/mol. The fourth-order valence-electron chi connectivity index (χ4n) is 3.84. The van der Waals surface area contributed by atoms with Gasteiger partial charge in [-0.2, -0.15) is 9.47 Å². The molecule has 2 heterocycles. The SMILES string of the molecule is Cc1cc(NC(=O)[C@@H](NC(=O)c2nn(CC3=CCC(F)C=C3)c3ccccc23)C(C)(C)C)sn1. The Bertz CT molecular complexity index is 1280. The number of carbonyl (C=O) groups excluding carboxylic acids is 2. The van der Waals surface area contributed by atoms with Crippen molar-refractivity contribution in [2.45, 2.75) is 52.9 Å². The van der Waals surface area contributed by atoms with Crippen molar-refractivity contribution in [1.82, 2.24) is 19.5 Å². The second-order valence-corrected chi connectivity index (χ2v) is 10.3. The van der Waals surface area contributed by atoms with E-state index in [4.69, 9.17) is 0 Å². The first kappa shape index (κ1) is 23.8. The molecule has 0 bridgehead atoms. The molecule has 0 radical (unpaired) electrons. The summed E-state index contributed by atoms with van der Waals surface area (Å²) in [5.41, 5.74) is 2.24. The molecule has 9 heteroatoms. The molecule has 0 saturated heterocycles. The molecule has 1 unspecified atom stereocenters. The Balaban J connectivity index is 1.59. The molecular formula is C25H28FN5O2S. The first-order chi connectivity index (χ1) is 16.1. The topological polar surface area (TPSA) is 88.9 Å². The van der Waals surface area contributed by atoms with Crippen LogP contribution in [0.2, 0.25) is 0 Å². The number of aromatic nitrogens is 3. The Hall–Kier alpha value is -3.33. The zero-order valence-electron chi connectivity index (χ0n) is 19.6. The Morgan fingerprint density at radius 3 is 2.71 bits per heavy atom. The average molecular weight is 482 g/mol. The zero-order chi connectivity index (χ0) is 24.5. The highest BCUT2D eigenvalue weighted by atomic mass is 32.1. The van der Waals surface area contributed by atoms with Crippen LogP contribution in [0.4, 0.5) is 9.39 Å². The molecule has 178 valence electrons. The number of hydrogen-bond donors (Lipinski definition) is 2. The van der Waals surface area contributed by atoms with Crippen molar-refractivity contribution < 1.29 is 14.0 Å². The number of allylic oxidation sites excluding steroid dienone is 4. The van der Waals surface area contributed by atoms with Crippen molar-refractivity contribution in [2.24, 2.45) is 5.41 Å². The summed E-state index contributed by atoms with van der Waals surface area (Å²) in [7, 11) is 0. The van der Waals surface area contributed by atoms with Crippen molar-refractivity contribution in [3.63, 3.8) is 0 Å². The molecule has 2 amide bonds. The molecule has 1 aromatic carbocycles. The number of nitrogens with zero attached hydrogens (tertiary/aromatic N) is 3. The normalized spacial score (nSPS) is 16.9. The number of anilines is 1. The van der Waals surface area contributed by atoms with E-state index in [0.29, 0.717) is 23.4 Å². The summed E-state index contributed by atoms with van der Waals surface area (Å²) in [5.74, 6) is -0.742. The molecule has 1 aliphatic rings. The zero-order valence-corrected chi connectivity index (χ0v) is 20.4. The van der Waals surface area contributed by atoms with Crippen LogP contribution in [-0.4, -0.2) is 38.2 Å². The molecule has 7 nitrogen and oxygen atoms in total. The highest BCUT2D eigenvalue weighted by Gasteiger charge is 2.34. The van der Waals surface area contributed by atoms with Gasteiger partial charge < -0.3 is 10.6 Å². The van der Waals surface area contributed by atoms with E-state index in [1.54, 1.807) is 16.8 Å². The number of alkyl halides is 1. The van der Waals surface area contributed by atoms with Crippen LogP contribution in [0.25, 0.3) is 10.9 Å². The Kier molecular flexibility index (Phi) is 6.65. The van der Waals surface area contributed by atoms with Crippen LogP contribution in [0.3, 0.4) is 0 Å². The van der Waals surface area contributed by atoms with E-state index in [1.165, 1.54) is 17.6 Å². The summed E-state index contributed by atoms with van der Waals surface area (Å²) in [5, 5.41) is 11.7. The van der Waals surface area contributed by atoms with Crippen molar-refractivity contribution >= 4 is 39.3 Å². The van der Waals surface area contributed by atoms with E-state index in [2.05, 4.69) is 20.1 Å². The minimum Gasteiger partial charge on any atom is -0.338 e. The van der Waals surface area contributed by atoms with Crippen LogP contribution < -0.4 is 10.6 Å². The molecule has 3 aromatic rings. The fraction of sp³-hybridized carbons (Fsp3) is 0.360. The minimum absolute atomic E-state index is 0.245. The molecule has 4 rings (SSSR count). The maximum Gasteiger partial charge on any atom is 0.273 e. The fourth-order valence-corrected chi connectivity index (χ4v) is 4.50. The molecule has 1 aliphatic carbocycles. The highest BCUT2D eigenvalue weighted by Crippen LogP contribution is 2.25. The van der Waals surface area contributed by atoms with Crippen molar-refractivity contribution in [3.8, 4) is 0 Å². The Morgan fingerprint density at radius 2 is 2.06 bits per heavy atom. The summed E-state index contributed by atoms with van der Waals surface area (Å²) >= 11 is 1.20. The Labute approximate surface area is 201 Å². The first-order valence-electron chi connectivity index (χ1n) is 11.1. The van der Waals surface area contributed by atoms with Crippen molar-refractivity contribution in [2.75, 3.05) is 5.32 Å². The van der Waals surface area contributed by atoms with Crippen molar-refractivity contribution in [3.05, 3.63) is 65.5 Å². The standard InChI is InChI=1S/C25H28FN5O2S/c1-15-13-20(34-30-15)27-24(33)22(25(2,3)4)28-23(32)21-18-7-5-6-8-19(18)31(29-21)14-16-9-11-17(26)12-10-16/h5-11,13,17,22H,12,14H2,1-4H3,(H,27,33)(H,28,32)/t17?,22-/m1/s1. The lowest BCUT2D eigenvalue weighted by Crippen LogP contribution is -2.51. The van der Waals surface area contributed by atoms with Gasteiger partial charge in [0.15, 0.2) is 5.69 Å². The summed E-state index contributed by atoms with van der Waals surface area (Å²) in [6.45, 7) is 7.96. The van der Waals surface area contributed by atoms with Gasteiger partial charge in [0.25, 0.3) is 5.91 Å². The van der Waals surface area contributed by atoms with E-state index in [-0.39, 0.29) is 11.6 Å². The van der Waals surface area contributed by atoms with Crippen molar-refractivity contribution in [1.29, 1.82) is 0 Å². The lowest BCUT2D eigenvalue weighted by molar-refractivity contribution is -0.120. The number of aryl methyl sites for hydroxylation is 1. The van der Waals surface area contributed by atoms with Gasteiger partial charge in [0, 0.05) is 11.8 Å². The molecule has 34 heavy (non-hydrogen) atoms. The number of nitrogens with one attached hydrogen (secondary N) is 2. The molecule has 2 aromatic heterocycles. The number of benzene rings is 1. The number of para-hydroxylation sites is 1. The largest absolute Gasteiger partial charge is 0.338 e. The molecule has 2 atom stereocenters. The highest BCUT2D eigenvalue weighted by molar-refractivity contribution is 7.10. The summed E-state index contributed by atoms with van der Waals surface area (Å²) in [4.78, 5) is 26.4. The lowest BCUT2D eigenvalue weighted by atomic mass is 9.86. The van der Waals surface area contributed by atoms with Gasteiger partial charge in [0.2, 0.25) is 5.91 Å². The predicted molar refractivity (Wildman–Crippen MR) is 133 cm³/mol. The van der Waals surface area contributed by atoms with Crippen LogP contribution in [0.5, 0.6) is 0 Å². The van der Waals surface area contributed by atoms with Crippen LogP contribution in [-0.2, 0) is 11.3 Å². The molecule has 2 N–H and O–H groups in total. The van der Waals surface area contributed by atoms with Gasteiger partial charge in [-0.3, -0.25) is 14.3 Å². The summed E-state index contributed by atoms with van der Waals surface area (Å²) in [6.07, 6.45) is 4.51. The number of rotatable bonds is 6. The molecule has 0 aliphatic heterocycles. The van der Waals surface area contributed by atoms with Gasteiger partial charge in [-0.25, -0.2) is 4.39 Å². The first-order valence-corrected chi connectivity index (χ1v) is 11.9. The number of amides is 2. The van der Waals surface area contributed by atoms with Gasteiger partial charge in [0.1, 0.15) is 17.2 Å². The number of hydrogen-bond acceptors (Lipinski definition) is 5. The third kappa shape index (κ3) is 5.25. The Morgan fingerprint density at radius 1 is 1.29 bits per heavy atom. The predicted octanol–water partition coefficient (Wildman–Crippen LogP) is 4.81. The van der Waals surface area contributed by atoms with E-state index < -0.39 is 23.5 Å². The second-order valence-electron chi connectivity index (χ2n) is 9.51. The van der Waals surface area contributed by atoms with E-state index in [0.717, 1.165) is 16.8 Å². The van der Waals surface area contributed by atoms with Gasteiger partial charge in [-0.15, -0.1) is 0 Å². The van der Waals surface area contributed by atoms with E-state index in [1.807, 2.05) is 58.0 Å². The van der Waals surface area contributed by atoms with Gasteiger partial charge in [-0.1, -0.05) is 57.2 Å². The van der Waals surface area contributed by atoms with Crippen LogP contribution >= 0.6 is 11.5 Å². The third-order valence-corrected chi connectivity index (χ3v) is 6.40. The molecule has 0 fully saturated rings. The van der Waals surface area contributed by atoms with Crippen LogP contribution in [0, 0.1) is 12.3 Å².